The lowest BCUT2D eigenvalue weighted by Gasteiger charge is -2.51. The molecular formula is C31H39ClN4O6. The molecule has 0 aromatic heterocycles. The minimum Gasteiger partial charge on any atom is -0.465 e. The monoisotopic (exact) mass is 598 g/mol. The van der Waals surface area contributed by atoms with E-state index >= 15 is 0 Å². The van der Waals surface area contributed by atoms with E-state index in [1.165, 1.54) is 9.80 Å². The van der Waals surface area contributed by atoms with Crippen LogP contribution >= 0.6 is 11.6 Å². The number of hydrogen-bond acceptors (Lipinski definition) is 5. The average molecular weight is 599 g/mol. The molecule has 3 N–H and O–H groups in total. The largest absolute Gasteiger partial charge is 0.465 e. The number of carbonyl (C=O) groups excluding carboxylic acids is 3. The molecule has 0 bridgehead atoms. The number of carboxylic acid groups (broad SMARTS) is 1. The molecule has 2 aromatic rings. The number of nitrogens with one attached hydrogen (secondary N) is 2. The quantitative estimate of drug-likeness (QED) is 0.428. The summed E-state index contributed by atoms with van der Waals surface area (Å²) in [6.45, 7) is 11.6. The predicted molar refractivity (Wildman–Crippen MR) is 158 cm³/mol. The fourth-order valence-corrected chi connectivity index (χ4v) is 6.04. The summed E-state index contributed by atoms with van der Waals surface area (Å²) in [5.74, 6) is -0.753. The first-order valence-electron chi connectivity index (χ1n) is 14.0. The van der Waals surface area contributed by atoms with Crippen LogP contribution in [0, 0.1) is 5.41 Å². The molecule has 42 heavy (non-hydrogen) atoms. The van der Waals surface area contributed by atoms with Crippen molar-refractivity contribution in [3.63, 3.8) is 0 Å². The van der Waals surface area contributed by atoms with Gasteiger partial charge >= 0.3 is 12.2 Å². The van der Waals surface area contributed by atoms with Crippen molar-refractivity contribution in [1.82, 2.24) is 20.4 Å². The predicted octanol–water partition coefficient (Wildman–Crippen LogP) is 5.02. The first-order valence-corrected chi connectivity index (χ1v) is 14.4. The zero-order valence-electron chi connectivity index (χ0n) is 24.9. The van der Waals surface area contributed by atoms with Gasteiger partial charge in [0.2, 0.25) is 5.91 Å². The van der Waals surface area contributed by atoms with Crippen LogP contribution in [0.3, 0.4) is 0 Å². The van der Waals surface area contributed by atoms with Gasteiger partial charge in [0.05, 0.1) is 6.54 Å². The minimum absolute atomic E-state index is 0.0914. The van der Waals surface area contributed by atoms with E-state index in [-0.39, 0.29) is 25.5 Å². The first-order chi connectivity index (χ1) is 19.6. The van der Waals surface area contributed by atoms with Crippen molar-refractivity contribution < 1.29 is 29.0 Å². The van der Waals surface area contributed by atoms with Gasteiger partial charge in [-0.05, 0) is 67.0 Å². The van der Waals surface area contributed by atoms with Crippen LogP contribution in [0.15, 0.2) is 42.5 Å². The van der Waals surface area contributed by atoms with Gasteiger partial charge in [0.15, 0.2) is 5.54 Å². The maximum atomic E-state index is 14.4. The third kappa shape index (κ3) is 5.90. The molecule has 2 aromatic carbocycles. The van der Waals surface area contributed by atoms with Gasteiger partial charge < -0.3 is 25.4 Å². The number of likely N-dealkylation sites (tertiary alicyclic amines) is 1. The Morgan fingerprint density at radius 2 is 1.67 bits per heavy atom. The van der Waals surface area contributed by atoms with E-state index in [1.54, 1.807) is 45.0 Å². The minimum atomic E-state index is -1.48. The van der Waals surface area contributed by atoms with E-state index in [2.05, 4.69) is 10.6 Å². The molecule has 2 aliphatic rings. The highest BCUT2D eigenvalue weighted by Gasteiger charge is 2.63. The normalized spacial score (nSPS) is 19.9. The van der Waals surface area contributed by atoms with E-state index < -0.39 is 40.7 Å². The Bertz CT molecular complexity index is 1400. The molecule has 2 atom stereocenters. The van der Waals surface area contributed by atoms with E-state index in [1.807, 2.05) is 39.0 Å². The van der Waals surface area contributed by atoms with Crippen LogP contribution in [-0.2, 0) is 39.5 Å². The van der Waals surface area contributed by atoms with Crippen LogP contribution in [0.25, 0.3) is 0 Å². The molecule has 0 radical (unpaired) electrons. The zero-order chi connectivity index (χ0) is 31.0. The molecule has 1 fully saturated rings. The van der Waals surface area contributed by atoms with Crippen LogP contribution in [0.5, 0.6) is 0 Å². The highest BCUT2D eigenvalue weighted by Crippen LogP contribution is 2.52. The third-order valence-corrected chi connectivity index (χ3v) is 8.03. The Labute approximate surface area is 251 Å². The van der Waals surface area contributed by atoms with Crippen molar-refractivity contribution in [3.8, 4) is 0 Å². The van der Waals surface area contributed by atoms with Crippen LogP contribution in [-0.4, -0.2) is 57.1 Å². The smallest absolute Gasteiger partial charge is 0.408 e. The maximum absolute atomic E-state index is 14.4. The number of nitrogens with zero attached hydrogens (tertiary/aromatic N) is 2. The summed E-state index contributed by atoms with van der Waals surface area (Å²) in [5, 5.41) is 16.3. The number of benzene rings is 2. The molecule has 10 nitrogen and oxygen atoms in total. The SMILES string of the molecule is CC(C)(C)OC(=O)NCc1ccc(Cl)cc1CNC(=O)[C@@H]1CCN1C(=O)C1(C(C)(C)C)c2ccccc2CN1C(=O)O. The lowest BCUT2D eigenvalue weighted by atomic mass is 9.67. The van der Waals surface area contributed by atoms with Gasteiger partial charge in [-0.25, -0.2) is 9.59 Å². The topological polar surface area (TPSA) is 128 Å². The van der Waals surface area contributed by atoms with E-state index in [9.17, 15) is 24.3 Å². The molecule has 11 heteroatoms. The number of carbonyl (C=O) groups is 4. The van der Waals surface area contributed by atoms with E-state index in [4.69, 9.17) is 16.3 Å². The highest BCUT2D eigenvalue weighted by molar-refractivity contribution is 6.30. The van der Waals surface area contributed by atoms with Crippen molar-refractivity contribution in [3.05, 3.63) is 69.7 Å². The molecule has 2 heterocycles. The Morgan fingerprint density at radius 1 is 1.00 bits per heavy atom. The maximum Gasteiger partial charge on any atom is 0.408 e. The van der Waals surface area contributed by atoms with Crippen LogP contribution in [0.2, 0.25) is 5.02 Å². The molecule has 2 aliphatic heterocycles. The van der Waals surface area contributed by atoms with Gasteiger partial charge in [-0.1, -0.05) is 62.7 Å². The van der Waals surface area contributed by atoms with Gasteiger partial charge in [-0.15, -0.1) is 0 Å². The standard InChI is InChI=1S/C31H39ClN4O6/c1-29(2,3)31(23-10-8-7-9-20(23)18-36(31)28(40)41)26(38)35-14-13-24(35)25(37)33-17-21-15-22(32)12-11-19(21)16-34-27(39)42-30(4,5)6/h7-12,15,24H,13-14,16-18H2,1-6H3,(H,33,37)(H,34,39)(H,40,41)/t24-,31?/m0/s1. The van der Waals surface area contributed by atoms with Crippen molar-refractivity contribution in [2.24, 2.45) is 5.41 Å². The lowest BCUT2D eigenvalue weighted by Crippen LogP contribution is -2.68. The second-order valence-electron chi connectivity index (χ2n) is 12.8. The third-order valence-electron chi connectivity index (χ3n) is 7.79. The number of rotatable bonds is 6. The van der Waals surface area contributed by atoms with Crippen molar-refractivity contribution in [2.45, 2.75) is 84.8 Å². The Kier molecular flexibility index (Phi) is 8.51. The lowest BCUT2D eigenvalue weighted by molar-refractivity contribution is -0.163. The summed E-state index contributed by atoms with van der Waals surface area (Å²) in [7, 11) is 0. The molecule has 1 saturated heterocycles. The van der Waals surface area contributed by atoms with E-state index in [0.717, 1.165) is 11.1 Å². The average Bonchev–Trinajstić information content (AvgIpc) is 3.22. The van der Waals surface area contributed by atoms with Gasteiger partial charge in [-0.3, -0.25) is 14.5 Å². The number of amides is 4. The van der Waals surface area contributed by atoms with Gasteiger partial charge in [0.25, 0.3) is 5.91 Å². The fraction of sp³-hybridized carbons (Fsp3) is 0.484. The van der Waals surface area contributed by atoms with Crippen LogP contribution < -0.4 is 10.6 Å². The summed E-state index contributed by atoms with van der Waals surface area (Å²) in [5.41, 5.74) is -0.0454. The number of fused-ring (bicyclic) bond motifs is 1. The Balaban J connectivity index is 1.52. The summed E-state index contributed by atoms with van der Waals surface area (Å²) >= 11 is 6.23. The molecule has 4 amide bonds. The molecule has 0 aliphatic carbocycles. The Morgan fingerprint density at radius 3 is 2.26 bits per heavy atom. The van der Waals surface area contributed by atoms with Crippen molar-refractivity contribution in [1.29, 1.82) is 0 Å². The number of halogens is 1. The van der Waals surface area contributed by atoms with Crippen molar-refractivity contribution in [2.75, 3.05) is 6.54 Å². The van der Waals surface area contributed by atoms with Gasteiger partial charge in [-0.2, -0.15) is 0 Å². The number of alkyl carbamates (subject to hydrolysis) is 1. The summed E-state index contributed by atoms with van der Waals surface area (Å²) in [6, 6.07) is 11.7. The van der Waals surface area contributed by atoms with E-state index in [0.29, 0.717) is 29.1 Å². The molecule has 0 spiro atoms. The first kappa shape index (κ1) is 31.2. The van der Waals surface area contributed by atoms with Crippen molar-refractivity contribution >= 4 is 35.6 Å². The fourth-order valence-electron chi connectivity index (χ4n) is 5.84. The zero-order valence-corrected chi connectivity index (χ0v) is 25.7. The summed E-state index contributed by atoms with van der Waals surface area (Å²) < 4.78 is 5.30. The molecule has 0 saturated carbocycles. The van der Waals surface area contributed by atoms with Crippen LogP contribution in [0.4, 0.5) is 9.59 Å². The van der Waals surface area contributed by atoms with Gasteiger partial charge in [0, 0.05) is 24.7 Å². The number of ether oxygens (including phenoxy) is 1. The highest BCUT2D eigenvalue weighted by atomic mass is 35.5. The second kappa shape index (κ2) is 11.5. The molecule has 4 rings (SSSR count). The molecular weight excluding hydrogens is 560 g/mol. The Hall–Kier alpha value is -3.79. The summed E-state index contributed by atoms with van der Waals surface area (Å²) in [6.07, 6.45) is -1.30. The number of hydrogen-bond donors (Lipinski definition) is 3. The van der Waals surface area contributed by atoms with Crippen LogP contribution in [0.1, 0.15) is 70.2 Å². The molecule has 226 valence electrons. The summed E-state index contributed by atoms with van der Waals surface area (Å²) in [4.78, 5) is 55.1. The van der Waals surface area contributed by atoms with Gasteiger partial charge in [0.1, 0.15) is 11.6 Å². The second-order valence-corrected chi connectivity index (χ2v) is 13.2. The molecule has 1 unspecified atom stereocenters.